The molecule has 0 aliphatic carbocycles. The van der Waals surface area contributed by atoms with Crippen LogP contribution in [0.3, 0.4) is 0 Å². The summed E-state index contributed by atoms with van der Waals surface area (Å²) in [5.74, 6) is -2.37. The van der Waals surface area contributed by atoms with Gasteiger partial charge in [0, 0.05) is 12.7 Å². The topological polar surface area (TPSA) is 64.4 Å². The maximum Gasteiger partial charge on any atom is 0.247 e. The lowest BCUT2D eigenvalue weighted by Gasteiger charge is -2.21. The largest absolute Gasteiger partial charge is 0.379 e. The molecule has 1 aliphatic rings. The number of hydrogen-bond donors (Lipinski definition) is 2. The Morgan fingerprint density at radius 1 is 1.50 bits per heavy atom. The lowest BCUT2D eigenvalue weighted by Crippen LogP contribution is -2.51. The van der Waals surface area contributed by atoms with Gasteiger partial charge in [-0.25, -0.2) is 8.78 Å². The molecule has 2 rings (SSSR count). The van der Waals surface area contributed by atoms with Gasteiger partial charge in [-0.15, -0.1) is 0 Å². The number of anilines is 1. The van der Waals surface area contributed by atoms with Gasteiger partial charge in [0.15, 0.2) is 5.82 Å². The summed E-state index contributed by atoms with van der Waals surface area (Å²) in [5.41, 5.74) is 4.32. The predicted molar refractivity (Wildman–Crippen MR) is 62.4 cm³/mol. The SMILES string of the molecule is NC1(C(=O)Nc2c(F)cc(F)cc2Cl)CCOC1. The normalized spacial score (nSPS) is 23.1. The Morgan fingerprint density at radius 2 is 2.22 bits per heavy atom. The van der Waals surface area contributed by atoms with Gasteiger partial charge in [0.25, 0.3) is 0 Å². The summed E-state index contributed by atoms with van der Waals surface area (Å²) in [6.45, 7) is 0.419. The van der Waals surface area contributed by atoms with Gasteiger partial charge < -0.3 is 15.8 Å². The van der Waals surface area contributed by atoms with Gasteiger partial charge in [-0.1, -0.05) is 11.6 Å². The average molecular weight is 277 g/mol. The Bertz CT molecular complexity index is 467. The number of nitrogens with two attached hydrogens (primary N) is 1. The minimum Gasteiger partial charge on any atom is -0.379 e. The number of amides is 1. The summed E-state index contributed by atoms with van der Waals surface area (Å²) in [4.78, 5) is 11.9. The average Bonchev–Trinajstić information content (AvgIpc) is 2.71. The van der Waals surface area contributed by atoms with E-state index < -0.39 is 23.1 Å². The lowest BCUT2D eigenvalue weighted by molar-refractivity contribution is -0.121. The predicted octanol–water partition coefficient (Wildman–Crippen LogP) is 1.67. The van der Waals surface area contributed by atoms with Crippen LogP contribution in [0.15, 0.2) is 12.1 Å². The Balaban J connectivity index is 2.22. The number of carbonyl (C=O) groups excluding carboxylic acids is 1. The zero-order valence-electron chi connectivity index (χ0n) is 9.30. The van der Waals surface area contributed by atoms with Crippen LogP contribution < -0.4 is 11.1 Å². The fourth-order valence-corrected chi connectivity index (χ4v) is 1.90. The number of carbonyl (C=O) groups is 1. The quantitative estimate of drug-likeness (QED) is 0.864. The van der Waals surface area contributed by atoms with Crippen LogP contribution in [-0.4, -0.2) is 24.7 Å². The van der Waals surface area contributed by atoms with Gasteiger partial charge >= 0.3 is 0 Å². The molecule has 0 saturated carbocycles. The van der Waals surface area contributed by atoms with E-state index in [9.17, 15) is 13.6 Å². The second kappa shape index (κ2) is 4.79. The molecule has 1 fully saturated rings. The van der Waals surface area contributed by atoms with Crippen LogP contribution in [-0.2, 0) is 9.53 Å². The molecule has 0 spiro atoms. The van der Waals surface area contributed by atoms with E-state index in [0.717, 1.165) is 6.07 Å². The van der Waals surface area contributed by atoms with Crippen molar-refractivity contribution < 1.29 is 18.3 Å². The molecule has 1 amide bonds. The summed E-state index contributed by atoms with van der Waals surface area (Å²) in [7, 11) is 0. The first kappa shape index (κ1) is 13.2. The monoisotopic (exact) mass is 276 g/mol. The molecule has 1 aromatic rings. The third-order valence-electron chi connectivity index (χ3n) is 2.75. The number of nitrogens with one attached hydrogen (secondary N) is 1. The number of rotatable bonds is 2. The Morgan fingerprint density at radius 3 is 2.78 bits per heavy atom. The highest BCUT2D eigenvalue weighted by Gasteiger charge is 2.38. The van der Waals surface area contributed by atoms with Crippen LogP contribution in [0.5, 0.6) is 0 Å². The van der Waals surface area contributed by atoms with E-state index in [4.69, 9.17) is 22.1 Å². The van der Waals surface area contributed by atoms with Gasteiger partial charge in [-0.05, 0) is 12.5 Å². The van der Waals surface area contributed by atoms with E-state index in [1.165, 1.54) is 0 Å². The second-order valence-corrected chi connectivity index (χ2v) is 4.56. The van der Waals surface area contributed by atoms with Crippen molar-refractivity contribution >= 4 is 23.2 Å². The van der Waals surface area contributed by atoms with E-state index in [-0.39, 0.29) is 17.3 Å². The number of benzene rings is 1. The molecule has 1 aliphatic heterocycles. The molecule has 1 heterocycles. The molecule has 0 aromatic heterocycles. The second-order valence-electron chi connectivity index (χ2n) is 4.16. The highest BCUT2D eigenvalue weighted by molar-refractivity contribution is 6.33. The van der Waals surface area contributed by atoms with Crippen molar-refractivity contribution in [1.29, 1.82) is 0 Å². The molecular formula is C11H11ClF2N2O2. The van der Waals surface area contributed by atoms with Gasteiger partial charge in [-0.2, -0.15) is 0 Å². The molecule has 4 nitrogen and oxygen atoms in total. The summed E-state index contributed by atoms with van der Waals surface area (Å²) in [5, 5.41) is 2.05. The minimum absolute atomic E-state index is 0.0548. The van der Waals surface area contributed by atoms with Crippen LogP contribution in [0.25, 0.3) is 0 Å². The number of hydrogen-bond acceptors (Lipinski definition) is 3. The Hall–Kier alpha value is -1.24. The molecule has 1 aromatic carbocycles. The van der Waals surface area contributed by atoms with Crippen molar-refractivity contribution in [1.82, 2.24) is 0 Å². The van der Waals surface area contributed by atoms with Crippen molar-refractivity contribution in [3.63, 3.8) is 0 Å². The summed E-state index contributed by atoms with van der Waals surface area (Å²) < 4.78 is 31.3. The fraction of sp³-hybridized carbons (Fsp3) is 0.364. The zero-order valence-corrected chi connectivity index (χ0v) is 10.1. The van der Waals surface area contributed by atoms with Crippen LogP contribution in [0.1, 0.15) is 6.42 Å². The van der Waals surface area contributed by atoms with Crippen LogP contribution in [0, 0.1) is 11.6 Å². The number of halogens is 3. The molecule has 98 valence electrons. The minimum atomic E-state index is -1.20. The Kier molecular flexibility index (Phi) is 3.52. The van der Waals surface area contributed by atoms with Crippen molar-refractivity contribution in [2.24, 2.45) is 5.73 Å². The summed E-state index contributed by atoms with van der Waals surface area (Å²) >= 11 is 5.66. The first-order valence-corrected chi connectivity index (χ1v) is 5.63. The summed E-state index contributed by atoms with van der Waals surface area (Å²) in [6.07, 6.45) is 0.333. The van der Waals surface area contributed by atoms with E-state index in [0.29, 0.717) is 19.1 Å². The number of ether oxygens (including phenoxy) is 1. The van der Waals surface area contributed by atoms with Gasteiger partial charge in [-0.3, -0.25) is 4.79 Å². The standard InChI is InChI=1S/C11H11ClF2N2O2/c12-7-3-6(13)4-8(14)9(7)16-10(17)11(15)1-2-18-5-11/h3-4H,1-2,5,15H2,(H,16,17). The lowest BCUT2D eigenvalue weighted by atomic mass is 9.99. The van der Waals surface area contributed by atoms with Gasteiger partial charge in [0.1, 0.15) is 11.4 Å². The van der Waals surface area contributed by atoms with Gasteiger partial charge in [0.05, 0.1) is 17.3 Å². The molecule has 7 heteroatoms. The highest BCUT2D eigenvalue weighted by atomic mass is 35.5. The molecule has 3 N–H and O–H groups in total. The molecule has 0 bridgehead atoms. The maximum atomic E-state index is 13.5. The third kappa shape index (κ3) is 2.45. The fourth-order valence-electron chi connectivity index (χ4n) is 1.66. The van der Waals surface area contributed by atoms with Crippen LogP contribution in [0.4, 0.5) is 14.5 Å². The van der Waals surface area contributed by atoms with Crippen molar-refractivity contribution in [3.8, 4) is 0 Å². The first-order valence-electron chi connectivity index (χ1n) is 5.25. The first-order chi connectivity index (χ1) is 8.42. The van der Waals surface area contributed by atoms with Crippen molar-refractivity contribution in [2.45, 2.75) is 12.0 Å². The van der Waals surface area contributed by atoms with Crippen molar-refractivity contribution in [3.05, 3.63) is 28.8 Å². The molecule has 18 heavy (non-hydrogen) atoms. The van der Waals surface area contributed by atoms with Crippen LogP contribution in [0.2, 0.25) is 5.02 Å². The van der Waals surface area contributed by atoms with E-state index in [2.05, 4.69) is 5.32 Å². The van der Waals surface area contributed by atoms with Crippen molar-refractivity contribution in [2.75, 3.05) is 18.5 Å². The van der Waals surface area contributed by atoms with E-state index >= 15 is 0 Å². The highest BCUT2D eigenvalue weighted by Crippen LogP contribution is 2.28. The molecule has 1 unspecified atom stereocenters. The molecule has 0 radical (unpaired) electrons. The smallest absolute Gasteiger partial charge is 0.247 e. The molecular weight excluding hydrogens is 266 g/mol. The van der Waals surface area contributed by atoms with E-state index in [1.807, 2.05) is 0 Å². The van der Waals surface area contributed by atoms with Gasteiger partial charge in [0.2, 0.25) is 5.91 Å². The zero-order chi connectivity index (χ0) is 13.3. The summed E-state index contributed by atoms with van der Waals surface area (Å²) in [6, 6.07) is 1.55. The Labute approximate surface area is 107 Å². The molecule has 1 saturated heterocycles. The maximum absolute atomic E-state index is 13.5. The van der Waals surface area contributed by atoms with E-state index in [1.54, 1.807) is 0 Å². The van der Waals surface area contributed by atoms with Crippen LogP contribution >= 0.6 is 11.6 Å². The molecule has 1 atom stereocenters. The third-order valence-corrected chi connectivity index (χ3v) is 3.05.